The molecule has 4 heteroatoms. The number of nitrogens with one attached hydrogen (secondary N) is 1. The summed E-state index contributed by atoms with van der Waals surface area (Å²) < 4.78 is 0. The lowest BCUT2D eigenvalue weighted by molar-refractivity contribution is -0.135. The van der Waals surface area contributed by atoms with Crippen molar-refractivity contribution in [3.63, 3.8) is 0 Å². The molecule has 1 saturated carbocycles. The SMILES string of the molecule is CCc1cccc(C)c1NC(=O)C1CCN(C(=O)C2CC2)CC1. The summed E-state index contributed by atoms with van der Waals surface area (Å²) in [5.41, 5.74) is 3.26. The molecule has 3 rings (SSSR count). The van der Waals surface area contributed by atoms with Crippen LogP contribution in [0.2, 0.25) is 0 Å². The van der Waals surface area contributed by atoms with Crippen LogP contribution in [0.4, 0.5) is 5.69 Å². The van der Waals surface area contributed by atoms with Gasteiger partial charge in [0.25, 0.3) is 0 Å². The van der Waals surface area contributed by atoms with Crippen LogP contribution in [0.15, 0.2) is 18.2 Å². The van der Waals surface area contributed by atoms with Crippen molar-refractivity contribution in [3.8, 4) is 0 Å². The van der Waals surface area contributed by atoms with E-state index in [0.29, 0.717) is 5.91 Å². The summed E-state index contributed by atoms with van der Waals surface area (Å²) in [4.78, 5) is 26.6. The lowest BCUT2D eigenvalue weighted by atomic mass is 9.95. The summed E-state index contributed by atoms with van der Waals surface area (Å²) in [5, 5.41) is 3.14. The topological polar surface area (TPSA) is 49.4 Å². The van der Waals surface area contributed by atoms with Crippen LogP contribution >= 0.6 is 0 Å². The average molecular weight is 314 g/mol. The largest absolute Gasteiger partial charge is 0.342 e. The molecule has 0 spiro atoms. The van der Waals surface area contributed by atoms with Crippen LogP contribution in [-0.4, -0.2) is 29.8 Å². The molecule has 1 aromatic carbocycles. The number of nitrogens with zero attached hydrogens (tertiary/aromatic N) is 1. The maximum atomic E-state index is 12.6. The van der Waals surface area contributed by atoms with Crippen molar-refractivity contribution < 1.29 is 9.59 Å². The van der Waals surface area contributed by atoms with Gasteiger partial charge in [-0.05, 0) is 50.2 Å². The van der Waals surface area contributed by atoms with E-state index >= 15 is 0 Å². The first-order valence-corrected chi connectivity index (χ1v) is 8.78. The average Bonchev–Trinajstić information content (AvgIpc) is 3.41. The van der Waals surface area contributed by atoms with Crippen molar-refractivity contribution in [1.29, 1.82) is 0 Å². The number of carbonyl (C=O) groups is 2. The molecule has 1 saturated heterocycles. The minimum atomic E-state index is 0.0163. The maximum Gasteiger partial charge on any atom is 0.227 e. The van der Waals surface area contributed by atoms with E-state index in [1.54, 1.807) is 0 Å². The maximum absolute atomic E-state index is 12.6. The molecule has 124 valence electrons. The zero-order chi connectivity index (χ0) is 16.4. The molecule has 1 aliphatic heterocycles. The number of hydrogen-bond donors (Lipinski definition) is 1. The fourth-order valence-electron chi connectivity index (χ4n) is 3.38. The number of benzene rings is 1. The standard InChI is InChI=1S/C19H26N2O2/c1-3-14-6-4-5-13(2)17(14)20-18(22)15-9-11-21(12-10-15)19(23)16-7-8-16/h4-6,15-16H,3,7-12H2,1-2H3,(H,20,22). The van der Waals surface area contributed by atoms with Crippen LogP contribution < -0.4 is 5.32 Å². The first-order chi connectivity index (χ1) is 11.1. The Balaban J connectivity index is 1.58. The van der Waals surface area contributed by atoms with Gasteiger partial charge in [-0.3, -0.25) is 9.59 Å². The van der Waals surface area contributed by atoms with E-state index in [1.165, 1.54) is 5.56 Å². The Hall–Kier alpha value is -1.84. The van der Waals surface area contributed by atoms with E-state index in [1.807, 2.05) is 24.0 Å². The summed E-state index contributed by atoms with van der Waals surface area (Å²) in [6.07, 6.45) is 4.56. The van der Waals surface area contributed by atoms with Crippen LogP contribution in [-0.2, 0) is 16.0 Å². The van der Waals surface area contributed by atoms with Crippen molar-refractivity contribution in [2.45, 2.75) is 46.0 Å². The molecule has 1 aliphatic carbocycles. The van der Waals surface area contributed by atoms with Gasteiger partial charge in [0.2, 0.25) is 11.8 Å². The van der Waals surface area contributed by atoms with Gasteiger partial charge in [-0.2, -0.15) is 0 Å². The quantitative estimate of drug-likeness (QED) is 0.928. The normalized spacial score (nSPS) is 18.8. The van der Waals surface area contributed by atoms with Crippen molar-refractivity contribution >= 4 is 17.5 Å². The van der Waals surface area contributed by atoms with Crippen molar-refractivity contribution in [2.24, 2.45) is 11.8 Å². The fraction of sp³-hybridized carbons (Fsp3) is 0.579. The summed E-state index contributed by atoms with van der Waals surface area (Å²) in [6, 6.07) is 6.14. The number of carbonyl (C=O) groups excluding carboxylic acids is 2. The number of para-hydroxylation sites is 1. The predicted molar refractivity (Wildman–Crippen MR) is 91.2 cm³/mol. The molecule has 0 unspecified atom stereocenters. The molecule has 1 N–H and O–H groups in total. The number of hydrogen-bond acceptors (Lipinski definition) is 2. The van der Waals surface area contributed by atoms with Crippen LogP contribution in [0, 0.1) is 18.8 Å². The summed E-state index contributed by atoms with van der Waals surface area (Å²) in [7, 11) is 0. The van der Waals surface area contributed by atoms with Crippen LogP contribution in [0.1, 0.15) is 43.7 Å². The summed E-state index contributed by atoms with van der Waals surface area (Å²) >= 11 is 0. The number of piperidine rings is 1. The first-order valence-electron chi connectivity index (χ1n) is 8.78. The van der Waals surface area contributed by atoms with E-state index in [4.69, 9.17) is 0 Å². The van der Waals surface area contributed by atoms with E-state index in [2.05, 4.69) is 18.3 Å². The summed E-state index contributed by atoms with van der Waals surface area (Å²) in [6.45, 7) is 5.59. The molecule has 2 amide bonds. The van der Waals surface area contributed by atoms with Gasteiger partial charge in [-0.1, -0.05) is 25.1 Å². The first kappa shape index (κ1) is 16.0. The Bertz CT molecular complexity index is 599. The Morgan fingerprint density at radius 1 is 1.13 bits per heavy atom. The monoisotopic (exact) mass is 314 g/mol. The third-order valence-corrected chi connectivity index (χ3v) is 5.09. The number of likely N-dealkylation sites (tertiary alicyclic amines) is 1. The van der Waals surface area contributed by atoms with E-state index in [0.717, 1.165) is 56.4 Å². The molecule has 2 aliphatic rings. The van der Waals surface area contributed by atoms with Gasteiger partial charge in [0.1, 0.15) is 0 Å². The molecule has 0 aromatic heterocycles. The van der Waals surface area contributed by atoms with Crippen LogP contribution in [0.25, 0.3) is 0 Å². The van der Waals surface area contributed by atoms with Gasteiger partial charge in [0.15, 0.2) is 0 Å². The molecule has 1 heterocycles. The van der Waals surface area contributed by atoms with E-state index in [-0.39, 0.29) is 17.7 Å². The van der Waals surface area contributed by atoms with Gasteiger partial charge in [-0.25, -0.2) is 0 Å². The smallest absolute Gasteiger partial charge is 0.227 e. The lowest BCUT2D eigenvalue weighted by Crippen LogP contribution is -2.42. The third kappa shape index (κ3) is 3.57. The molecule has 1 aromatic rings. The van der Waals surface area contributed by atoms with E-state index < -0.39 is 0 Å². The molecular weight excluding hydrogens is 288 g/mol. The molecule has 0 atom stereocenters. The molecule has 4 nitrogen and oxygen atoms in total. The molecule has 23 heavy (non-hydrogen) atoms. The number of rotatable bonds is 4. The Kier molecular flexibility index (Phi) is 4.69. The Morgan fingerprint density at radius 2 is 1.83 bits per heavy atom. The van der Waals surface area contributed by atoms with Crippen LogP contribution in [0.3, 0.4) is 0 Å². The van der Waals surface area contributed by atoms with Gasteiger partial charge in [-0.15, -0.1) is 0 Å². The highest BCUT2D eigenvalue weighted by Crippen LogP contribution is 2.32. The minimum absolute atomic E-state index is 0.0163. The highest BCUT2D eigenvalue weighted by molar-refractivity contribution is 5.94. The lowest BCUT2D eigenvalue weighted by Gasteiger charge is -2.31. The highest BCUT2D eigenvalue weighted by Gasteiger charge is 2.36. The zero-order valence-corrected chi connectivity index (χ0v) is 14.1. The van der Waals surface area contributed by atoms with Gasteiger partial charge < -0.3 is 10.2 Å². The Labute approximate surface area is 138 Å². The van der Waals surface area contributed by atoms with Crippen molar-refractivity contribution in [1.82, 2.24) is 4.90 Å². The van der Waals surface area contributed by atoms with Crippen molar-refractivity contribution in [3.05, 3.63) is 29.3 Å². The Morgan fingerprint density at radius 3 is 2.43 bits per heavy atom. The summed E-state index contributed by atoms with van der Waals surface area (Å²) in [5.74, 6) is 0.700. The second-order valence-corrected chi connectivity index (χ2v) is 6.83. The van der Waals surface area contributed by atoms with Gasteiger partial charge in [0, 0.05) is 30.6 Å². The highest BCUT2D eigenvalue weighted by atomic mass is 16.2. The van der Waals surface area contributed by atoms with Crippen LogP contribution in [0.5, 0.6) is 0 Å². The minimum Gasteiger partial charge on any atom is -0.342 e. The molecule has 0 bridgehead atoms. The fourth-order valence-corrected chi connectivity index (χ4v) is 3.38. The van der Waals surface area contributed by atoms with Gasteiger partial charge in [0.05, 0.1) is 0 Å². The number of amides is 2. The van der Waals surface area contributed by atoms with Gasteiger partial charge >= 0.3 is 0 Å². The third-order valence-electron chi connectivity index (χ3n) is 5.09. The second kappa shape index (κ2) is 6.73. The second-order valence-electron chi connectivity index (χ2n) is 6.83. The molecule has 2 fully saturated rings. The number of anilines is 1. The molecule has 0 radical (unpaired) electrons. The predicted octanol–water partition coefficient (Wildman–Crippen LogP) is 3.14. The molecular formula is C19H26N2O2. The zero-order valence-electron chi connectivity index (χ0n) is 14.1. The van der Waals surface area contributed by atoms with E-state index in [9.17, 15) is 9.59 Å². The van der Waals surface area contributed by atoms with Crippen molar-refractivity contribution in [2.75, 3.05) is 18.4 Å². The number of aryl methyl sites for hydroxylation is 2.